The fraction of sp³-hybridized carbons (Fsp3) is 0.194. The molecular weight excluding hydrogens is 692 g/mol. The van der Waals surface area contributed by atoms with E-state index in [4.69, 9.17) is 72.6 Å². The van der Waals surface area contributed by atoms with Gasteiger partial charge in [-0.25, -0.2) is 4.79 Å². The van der Waals surface area contributed by atoms with Gasteiger partial charge in [-0.15, -0.1) is 0 Å². The molecule has 2 aliphatic heterocycles. The molecule has 1 unspecified atom stereocenters. The monoisotopic (exact) mass is 709 g/mol. The highest BCUT2D eigenvalue weighted by Gasteiger charge is 2.58. The van der Waals surface area contributed by atoms with Crippen LogP contribution in [-0.2, 0) is 26.3 Å². The Labute approximate surface area is 280 Å². The van der Waals surface area contributed by atoms with E-state index >= 15 is 0 Å². The van der Waals surface area contributed by atoms with Crippen LogP contribution in [0.25, 0.3) is 10.8 Å². The second-order valence-electron chi connectivity index (χ2n) is 10.4. The lowest BCUT2D eigenvalue weighted by molar-refractivity contribution is -0.138. The zero-order chi connectivity index (χ0) is 32.4. The van der Waals surface area contributed by atoms with Gasteiger partial charge in [0.15, 0.2) is 11.4 Å². The topological polar surface area (TPSA) is 142 Å². The van der Waals surface area contributed by atoms with E-state index in [0.717, 1.165) is 0 Å². The second-order valence-corrected chi connectivity index (χ2v) is 12.3. The number of hydrogen-bond donors (Lipinski definition) is 4. The molecule has 0 radical (unpaired) electrons. The van der Waals surface area contributed by atoms with Gasteiger partial charge in [-0.05, 0) is 29.9 Å². The number of aryl methyl sites for hydroxylation is 1. The molecule has 0 saturated heterocycles. The SMILES string of the molecule is O=C(O)CCC(=O)NCCCc1cc2c(c(Cl)c1O)Oc1cc(O)c3ccccc3c1C21OC(=O)c2c(Cl)c(Cl)c(Cl)c(Cl)c21. The summed E-state index contributed by atoms with van der Waals surface area (Å²) in [6.45, 7) is 0.175. The van der Waals surface area contributed by atoms with Crippen molar-refractivity contribution in [2.75, 3.05) is 6.54 Å². The molecule has 0 fully saturated rings. The first-order valence-corrected chi connectivity index (χ1v) is 15.3. The number of amides is 1. The number of carbonyl (C=O) groups is 3. The molecule has 4 N–H and O–H groups in total. The third kappa shape index (κ3) is 4.89. The van der Waals surface area contributed by atoms with Gasteiger partial charge in [0.25, 0.3) is 0 Å². The maximum Gasteiger partial charge on any atom is 0.341 e. The van der Waals surface area contributed by atoms with Crippen LogP contribution >= 0.6 is 58.0 Å². The number of carboxylic acids is 1. The minimum Gasteiger partial charge on any atom is -0.507 e. The number of esters is 1. The number of benzene rings is 4. The molecule has 1 spiro atoms. The minimum absolute atomic E-state index is 0.0655. The van der Waals surface area contributed by atoms with Gasteiger partial charge in [0.05, 0.1) is 37.6 Å². The van der Waals surface area contributed by atoms with Crippen molar-refractivity contribution < 1.29 is 39.2 Å². The highest BCUT2D eigenvalue weighted by molar-refractivity contribution is 6.53. The minimum atomic E-state index is -1.88. The van der Waals surface area contributed by atoms with Crippen LogP contribution in [0.1, 0.15) is 51.9 Å². The van der Waals surface area contributed by atoms with E-state index in [2.05, 4.69) is 5.32 Å². The Morgan fingerprint density at radius 1 is 0.867 bits per heavy atom. The summed E-state index contributed by atoms with van der Waals surface area (Å²) in [5.41, 5.74) is -1.12. The molecule has 0 bridgehead atoms. The number of hydrogen-bond acceptors (Lipinski definition) is 7. The van der Waals surface area contributed by atoms with Gasteiger partial charge in [0.1, 0.15) is 22.3 Å². The Morgan fingerprint density at radius 3 is 2.27 bits per heavy atom. The van der Waals surface area contributed by atoms with Gasteiger partial charge in [0.2, 0.25) is 5.91 Å². The first-order chi connectivity index (χ1) is 21.4. The zero-order valence-corrected chi connectivity index (χ0v) is 26.6. The largest absolute Gasteiger partial charge is 0.507 e. The highest BCUT2D eigenvalue weighted by Crippen LogP contribution is 2.64. The van der Waals surface area contributed by atoms with Crippen LogP contribution in [0.5, 0.6) is 23.0 Å². The normalized spacial score (nSPS) is 16.2. The summed E-state index contributed by atoms with van der Waals surface area (Å²) in [4.78, 5) is 36.4. The summed E-state index contributed by atoms with van der Waals surface area (Å²) in [7, 11) is 0. The van der Waals surface area contributed by atoms with Crippen molar-refractivity contribution >= 4 is 86.6 Å². The van der Waals surface area contributed by atoms with E-state index in [1.807, 2.05) is 0 Å². The number of aliphatic carboxylic acids is 1. The average Bonchev–Trinajstić information content (AvgIpc) is 3.31. The Bertz CT molecular complexity index is 1980. The summed E-state index contributed by atoms with van der Waals surface area (Å²) in [5.74, 6) is -2.83. The number of aromatic hydroxyl groups is 2. The van der Waals surface area contributed by atoms with Crippen LogP contribution in [-0.4, -0.2) is 39.7 Å². The Morgan fingerprint density at radius 2 is 1.56 bits per heavy atom. The van der Waals surface area contributed by atoms with Gasteiger partial charge in [-0.2, -0.15) is 0 Å². The maximum atomic E-state index is 13.7. The second kappa shape index (κ2) is 11.6. The van der Waals surface area contributed by atoms with E-state index in [0.29, 0.717) is 28.3 Å². The Kier molecular flexibility index (Phi) is 8.12. The molecule has 1 amide bonds. The molecule has 2 heterocycles. The molecule has 9 nitrogen and oxygen atoms in total. The molecule has 6 rings (SSSR count). The van der Waals surface area contributed by atoms with Crippen LogP contribution in [0, 0.1) is 0 Å². The van der Waals surface area contributed by atoms with Crippen molar-refractivity contribution in [3.63, 3.8) is 0 Å². The maximum absolute atomic E-state index is 13.7. The van der Waals surface area contributed by atoms with E-state index in [1.165, 1.54) is 6.07 Å². The number of halogens is 5. The molecule has 0 aliphatic carbocycles. The van der Waals surface area contributed by atoms with Crippen molar-refractivity contribution in [1.82, 2.24) is 5.32 Å². The highest BCUT2D eigenvalue weighted by atomic mass is 35.5. The Hall–Kier alpha value is -3.60. The third-order valence-corrected chi connectivity index (χ3v) is 9.94. The van der Waals surface area contributed by atoms with E-state index < -0.39 is 23.4 Å². The van der Waals surface area contributed by atoms with Crippen molar-refractivity contribution in [2.45, 2.75) is 31.3 Å². The smallest absolute Gasteiger partial charge is 0.341 e. The predicted octanol–water partition coefficient (Wildman–Crippen LogP) is 8.00. The molecule has 0 aromatic heterocycles. The molecule has 232 valence electrons. The number of phenolic OH excluding ortho intramolecular Hbond substituents is 2. The number of fused-ring (bicyclic) bond motifs is 8. The van der Waals surface area contributed by atoms with Crippen molar-refractivity contribution in [2.24, 2.45) is 0 Å². The number of phenols is 2. The first kappa shape index (κ1) is 31.4. The summed E-state index contributed by atoms with van der Waals surface area (Å²) in [6, 6.07) is 9.74. The quantitative estimate of drug-likeness (QED) is 0.0654. The van der Waals surface area contributed by atoms with Crippen LogP contribution in [0.4, 0.5) is 0 Å². The van der Waals surface area contributed by atoms with Gasteiger partial charge >= 0.3 is 11.9 Å². The lowest BCUT2D eigenvalue weighted by Gasteiger charge is -2.38. The summed E-state index contributed by atoms with van der Waals surface area (Å²) < 4.78 is 12.5. The molecule has 14 heteroatoms. The number of ether oxygens (including phenoxy) is 2. The van der Waals surface area contributed by atoms with Crippen LogP contribution in [0.3, 0.4) is 0 Å². The zero-order valence-electron chi connectivity index (χ0n) is 22.8. The standard InChI is InChI=1S/C31H20Cl5NO8/c32-23-20-22(24(33)26(35)25(23)34)31(45-30(20)43)15-10-12(4-3-9-37-18(39)7-8-19(40)41)28(42)27(36)29(15)44-17-11-16(38)13-5-1-2-6-14(13)21(17)31/h1-2,5-6,10-11,38,42H,3-4,7-9H2,(H,37,39)(H,40,41). The van der Waals surface area contributed by atoms with E-state index in [-0.39, 0.29) is 90.6 Å². The predicted molar refractivity (Wildman–Crippen MR) is 169 cm³/mol. The summed E-state index contributed by atoms with van der Waals surface area (Å²) in [6.07, 6.45) is 0.0425. The molecule has 4 aromatic carbocycles. The van der Waals surface area contributed by atoms with Crippen molar-refractivity contribution in [3.05, 3.63) is 89.3 Å². The molecule has 1 atom stereocenters. The Balaban J connectivity index is 1.56. The lowest BCUT2D eigenvalue weighted by Crippen LogP contribution is -2.34. The summed E-state index contributed by atoms with van der Waals surface area (Å²) in [5, 5.41) is 33.6. The number of carbonyl (C=O) groups excluding carboxylic acids is 2. The van der Waals surface area contributed by atoms with Crippen LogP contribution in [0.2, 0.25) is 25.1 Å². The van der Waals surface area contributed by atoms with Gasteiger partial charge in [-0.1, -0.05) is 82.3 Å². The molecule has 0 saturated carbocycles. The lowest BCUT2D eigenvalue weighted by atomic mass is 9.75. The van der Waals surface area contributed by atoms with Gasteiger partial charge < -0.3 is 30.1 Å². The van der Waals surface area contributed by atoms with Gasteiger partial charge in [0, 0.05) is 35.5 Å². The average molecular weight is 712 g/mol. The van der Waals surface area contributed by atoms with Crippen LogP contribution in [0.15, 0.2) is 36.4 Å². The molecule has 45 heavy (non-hydrogen) atoms. The van der Waals surface area contributed by atoms with Crippen molar-refractivity contribution in [3.8, 4) is 23.0 Å². The third-order valence-electron chi connectivity index (χ3n) is 7.78. The van der Waals surface area contributed by atoms with E-state index in [9.17, 15) is 24.6 Å². The molecular formula is C31H20Cl5NO8. The number of rotatable bonds is 7. The fourth-order valence-electron chi connectivity index (χ4n) is 5.82. The van der Waals surface area contributed by atoms with Crippen LogP contribution < -0.4 is 10.1 Å². The molecule has 2 aliphatic rings. The fourth-order valence-corrected chi connectivity index (χ4v) is 7.15. The number of nitrogens with one attached hydrogen (secondary N) is 1. The van der Waals surface area contributed by atoms with E-state index in [1.54, 1.807) is 30.3 Å². The van der Waals surface area contributed by atoms with Gasteiger partial charge in [-0.3, -0.25) is 9.59 Å². The summed E-state index contributed by atoms with van der Waals surface area (Å²) >= 11 is 33.0. The van der Waals surface area contributed by atoms with Crippen molar-refractivity contribution in [1.29, 1.82) is 0 Å². The number of carboxylic acid groups (broad SMARTS) is 1. The molecule has 4 aromatic rings. The first-order valence-electron chi connectivity index (χ1n) is 13.4.